The first kappa shape index (κ1) is 13.0. The van der Waals surface area contributed by atoms with Gasteiger partial charge in [-0.05, 0) is 11.1 Å². The van der Waals surface area contributed by atoms with Gasteiger partial charge < -0.3 is 4.74 Å². The molecule has 3 nitrogen and oxygen atoms in total. The Bertz CT molecular complexity index is 547. The zero-order chi connectivity index (χ0) is 13.5. The molecule has 0 fully saturated rings. The lowest BCUT2D eigenvalue weighted by molar-refractivity contribution is -0.154. The molecule has 0 aliphatic heterocycles. The van der Waals surface area contributed by atoms with Crippen LogP contribution in [0.5, 0.6) is 0 Å². The third-order valence-electron chi connectivity index (χ3n) is 2.65. The SMILES string of the molecule is O=C(Cc1ccccc1)C(=O)OCc1ccccc1. The van der Waals surface area contributed by atoms with Gasteiger partial charge in [0.05, 0.1) is 0 Å². The summed E-state index contributed by atoms with van der Waals surface area (Å²) in [5.74, 6) is -1.31. The smallest absolute Gasteiger partial charge is 0.375 e. The zero-order valence-corrected chi connectivity index (χ0v) is 10.4. The molecule has 96 valence electrons. The van der Waals surface area contributed by atoms with Crippen LogP contribution in [0.2, 0.25) is 0 Å². The normalized spacial score (nSPS) is 9.89. The molecular formula is C16H14O3. The van der Waals surface area contributed by atoms with Gasteiger partial charge in [0.15, 0.2) is 0 Å². The van der Waals surface area contributed by atoms with Crippen LogP contribution in [-0.4, -0.2) is 11.8 Å². The van der Waals surface area contributed by atoms with Crippen LogP contribution >= 0.6 is 0 Å². The molecule has 0 saturated carbocycles. The van der Waals surface area contributed by atoms with Crippen molar-refractivity contribution in [3.63, 3.8) is 0 Å². The minimum Gasteiger partial charge on any atom is -0.455 e. The van der Waals surface area contributed by atoms with Crippen LogP contribution in [-0.2, 0) is 27.4 Å². The molecule has 0 aliphatic carbocycles. The van der Waals surface area contributed by atoms with Gasteiger partial charge in [0.25, 0.3) is 0 Å². The highest BCUT2D eigenvalue weighted by Gasteiger charge is 2.15. The fourth-order valence-corrected chi connectivity index (χ4v) is 1.66. The maximum Gasteiger partial charge on any atom is 0.375 e. The molecule has 0 spiro atoms. The van der Waals surface area contributed by atoms with Crippen LogP contribution in [0.4, 0.5) is 0 Å². The maximum atomic E-state index is 11.7. The Hall–Kier alpha value is -2.42. The Labute approximate surface area is 111 Å². The molecule has 3 heteroatoms. The number of ether oxygens (including phenoxy) is 1. The van der Waals surface area contributed by atoms with Crippen LogP contribution in [0.15, 0.2) is 60.7 Å². The Morgan fingerprint density at radius 3 is 1.89 bits per heavy atom. The fourth-order valence-electron chi connectivity index (χ4n) is 1.66. The first-order valence-electron chi connectivity index (χ1n) is 6.03. The van der Waals surface area contributed by atoms with Gasteiger partial charge in [-0.1, -0.05) is 60.7 Å². The van der Waals surface area contributed by atoms with Crippen molar-refractivity contribution in [2.75, 3.05) is 0 Å². The molecule has 0 N–H and O–H groups in total. The minimum absolute atomic E-state index is 0.0778. The van der Waals surface area contributed by atoms with Crippen molar-refractivity contribution < 1.29 is 14.3 Å². The maximum absolute atomic E-state index is 11.7. The molecule has 0 bridgehead atoms. The lowest BCUT2D eigenvalue weighted by Gasteiger charge is -2.04. The van der Waals surface area contributed by atoms with E-state index in [1.807, 2.05) is 60.7 Å². The molecule has 0 heterocycles. The van der Waals surface area contributed by atoms with Crippen molar-refractivity contribution in [3.8, 4) is 0 Å². The zero-order valence-electron chi connectivity index (χ0n) is 10.4. The highest BCUT2D eigenvalue weighted by Crippen LogP contribution is 2.04. The van der Waals surface area contributed by atoms with E-state index in [2.05, 4.69) is 0 Å². The number of carbonyl (C=O) groups excluding carboxylic acids is 2. The highest BCUT2D eigenvalue weighted by molar-refractivity contribution is 6.34. The minimum atomic E-state index is -0.785. The summed E-state index contributed by atoms with van der Waals surface area (Å²) in [7, 11) is 0. The Balaban J connectivity index is 1.85. The van der Waals surface area contributed by atoms with E-state index in [0.29, 0.717) is 0 Å². The molecule has 2 rings (SSSR count). The first-order chi connectivity index (χ1) is 9.25. The van der Waals surface area contributed by atoms with Gasteiger partial charge in [-0.25, -0.2) is 4.79 Å². The number of Topliss-reactive ketones (excluding diaryl/α,β-unsaturated/α-hetero) is 1. The Kier molecular flexibility index (Phi) is 4.45. The molecule has 0 aliphatic rings. The van der Waals surface area contributed by atoms with Crippen molar-refractivity contribution >= 4 is 11.8 Å². The molecule has 0 aromatic heterocycles. The number of carbonyl (C=O) groups is 2. The van der Waals surface area contributed by atoms with Gasteiger partial charge in [-0.3, -0.25) is 4.79 Å². The highest BCUT2D eigenvalue weighted by atomic mass is 16.5. The Morgan fingerprint density at radius 1 is 0.789 bits per heavy atom. The van der Waals surface area contributed by atoms with Crippen molar-refractivity contribution in [1.29, 1.82) is 0 Å². The molecule has 19 heavy (non-hydrogen) atoms. The van der Waals surface area contributed by atoms with E-state index < -0.39 is 11.8 Å². The van der Waals surface area contributed by atoms with E-state index in [9.17, 15) is 9.59 Å². The summed E-state index contributed by atoms with van der Waals surface area (Å²) in [6.45, 7) is 0.125. The van der Waals surface area contributed by atoms with E-state index in [1.165, 1.54) is 0 Å². The fraction of sp³-hybridized carbons (Fsp3) is 0.125. The van der Waals surface area contributed by atoms with E-state index in [4.69, 9.17) is 4.74 Å². The molecule has 0 unspecified atom stereocenters. The van der Waals surface area contributed by atoms with E-state index in [-0.39, 0.29) is 13.0 Å². The van der Waals surface area contributed by atoms with Crippen LogP contribution in [0.1, 0.15) is 11.1 Å². The number of ketones is 1. The summed E-state index contributed by atoms with van der Waals surface area (Å²) in [5.41, 5.74) is 1.67. The molecule has 0 atom stereocenters. The summed E-state index contributed by atoms with van der Waals surface area (Å²) < 4.78 is 4.97. The van der Waals surface area contributed by atoms with Gasteiger partial charge in [0, 0.05) is 6.42 Å². The first-order valence-corrected chi connectivity index (χ1v) is 6.03. The van der Waals surface area contributed by atoms with Crippen molar-refractivity contribution in [3.05, 3.63) is 71.8 Å². The number of esters is 1. The second-order valence-electron chi connectivity index (χ2n) is 4.15. The lowest BCUT2D eigenvalue weighted by Crippen LogP contribution is -2.19. The predicted molar refractivity (Wildman–Crippen MR) is 71.4 cm³/mol. The monoisotopic (exact) mass is 254 g/mol. The lowest BCUT2D eigenvalue weighted by atomic mass is 10.1. The van der Waals surface area contributed by atoms with Gasteiger partial charge in [-0.15, -0.1) is 0 Å². The molecule has 2 aromatic rings. The van der Waals surface area contributed by atoms with Crippen LogP contribution in [0.25, 0.3) is 0 Å². The summed E-state index contributed by atoms with van der Waals surface area (Å²) in [4.78, 5) is 23.2. The molecule has 2 aromatic carbocycles. The van der Waals surface area contributed by atoms with Crippen molar-refractivity contribution in [2.24, 2.45) is 0 Å². The predicted octanol–water partition coefficient (Wildman–Crippen LogP) is 2.54. The molecular weight excluding hydrogens is 240 g/mol. The third kappa shape index (κ3) is 4.07. The standard InChI is InChI=1S/C16H14O3/c17-15(11-13-7-3-1-4-8-13)16(18)19-12-14-9-5-2-6-10-14/h1-10H,11-12H2. The van der Waals surface area contributed by atoms with Gasteiger partial charge in [-0.2, -0.15) is 0 Å². The van der Waals surface area contributed by atoms with E-state index in [1.54, 1.807) is 0 Å². The summed E-state index contributed by atoms with van der Waals surface area (Å²) in [6, 6.07) is 18.4. The number of rotatable bonds is 5. The average molecular weight is 254 g/mol. The topological polar surface area (TPSA) is 43.4 Å². The van der Waals surface area contributed by atoms with Crippen LogP contribution in [0, 0.1) is 0 Å². The second-order valence-corrected chi connectivity index (χ2v) is 4.15. The van der Waals surface area contributed by atoms with E-state index >= 15 is 0 Å². The van der Waals surface area contributed by atoms with Crippen LogP contribution in [0.3, 0.4) is 0 Å². The number of hydrogen-bond acceptors (Lipinski definition) is 3. The van der Waals surface area contributed by atoms with Gasteiger partial charge in [0.1, 0.15) is 6.61 Å². The molecule has 0 amide bonds. The quantitative estimate of drug-likeness (QED) is 0.608. The second kappa shape index (κ2) is 6.50. The van der Waals surface area contributed by atoms with Gasteiger partial charge in [0.2, 0.25) is 5.78 Å². The number of benzene rings is 2. The van der Waals surface area contributed by atoms with Crippen molar-refractivity contribution in [2.45, 2.75) is 13.0 Å². The largest absolute Gasteiger partial charge is 0.455 e. The third-order valence-corrected chi connectivity index (χ3v) is 2.65. The number of hydrogen-bond donors (Lipinski definition) is 0. The van der Waals surface area contributed by atoms with Gasteiger partial charge >= 0.3 is 5.97 Å². The summed E-state index contributed by atoms with van der Waals surface area (Å²) >= 11 is 0. The molecule has 0 saturated heterocycles. The average Bonchev–Trinajstić information content (AvgIpc) is 2.47. The summed E-state index contributed by atoms with van der Waals surface area (Å²) in [5, 5.41) is 0. The van der Waals surface area contributed by atoms with Crippen LogP contribution < -0.4 is 0 Å². The Morgan fingerprint density at radius 2 is 1.32 bits per heavy atom. The van der Waals surface area contributed by atoms with Crippen molar-refractivity contribution in [1.82, 2.24) is 0 Å². The van der Waals surface area contributed by atoms with E-state index in [0.717, 1.165) is 11.1 Å². The molecule has 0 radical (unpaired) electrons. The summed E-state index contributed by atoms with van der Waals surface area (Å²) in [6.07, 6.45) is 0.0778.